The van der Waals surface area contributed by atoms with Crippen molar-refractivity contribution in [3.63, 3.8) is 0 Å². The predicted molar refractivity (Wildman–Crippen MR) is 163 cm³/mol. The third-order valence-corrected chi connectivity index (χ3v) is 12.8. The molecule has 7 aliphatic rings. The van der Waals surface area contributed by atoms with E-state index in [-0.39, 0.29) is 47.6 Å². The maximum absolute atomic E-state index is 14.4. The molecule has 1 amide bonds. The summed E-state index contributed by atoms with van der Waals surface area (Å²) < 4.78 is 12.6. The standard InChI is InChI=1S/C37H41NO6/c1-19-10-12-25-22(18-38-32(39)21-8-6-5-7-9-21)11-13-26-31(27(19)25)44-34(41)37(26)17-23-16-35(37,3)29-28(23)36(4,42)15-14-24-20(2)33(40)43-30(24)29/h5-10,23-24,26-27,30-31,42H,2,11-18H2,1,3-4H3,(H,38,39)/t23-,24-,26+,27-,30-,31-,35+,36-,37-/m0/s1. The van der Waals surface area contributed by atoms with Crippen LogP contribution in [0.4, 0.5) is 0 Å². The number of nitrogens with one attached hydrogen (secondary N) is 1. The summed E-state index contributed by atoms with van der Waals surface area (Å²) in [7, 11) is 0. The molecule has 0 aromatic heterocycles. The van der Waals surface area contributed by atoms with Gasteiger partial charge in [-0.1, -0.05) is 54.5 Å². The summed E-state index contributed by atoms with van der Waals surface area (Å²) in [5.41, 5.74) is 4.42. The second kappa shape index (κ2) is 9.29. The predicted octanol–water partition coefficient (Wildman–Crippen LogP) is 5.37. The first kappa shape index (κ1) is 28.1. The molecule has 0 radical (unpaired) electrons. The number of amides is 1. The monoisotopic (exact) mass is 595 g/mol. The van der Waals surface area contributed by atoms with E-state index in [1.54, 1.807) is 0 Å². The summed E-state index contributed by atoms with van der Waals surface area (Å²) in [6.45, 7) is 10.8. The number of hydrogen-bond donors (Lipinski definition) is 2. The molecule has 1 saturated carbocycles. The van der Waals surface area contributed by atoms with Crippen molar-refractivity contribution in [1.29, 1.82) is 0 Å². The minimum Gasteiger partial charge on any atom is -0.461 e. The van der Waals surface area contributed by atoms with Gasteiger partial charge in [0.15, 0.2) is 0 Å². The maximum Gasteiger partial charge on any atom is 0.334 e. The summed E-state index contributed by atoms with van der Waals surface area (Å²) >= 11 is 0. The van der Waals surface area contributed by atoms with Crippen LogP contribution in [-0.2, 0) is 19.1 Å². The maximum atomic E-state index is 14.4. The van der Waals surface area contributed by atoms with Crippen LogP contribution in [0.1, 0.15) is 76.1 Å². The molecule has 1 aromatic carbocycles. The van der Waals surface area contributed by atoms with Gasteiger partial charge in [-0.25, -0.2) is 4.79 Å². The van der Waals surface area contributed by atoms with Gasteiger partial charge in [-0.05, 0) is 88.0 Å². The minimum atomic E-state index is -1.02. The third-order valence-electron chi connectivity index (χ3n) is 12.8. The molecule has 3 fully saturated rings. The van der Waals surface area contributed by atoms with Crippen molar-refractivity contribution < 1.29 is 29.0 Å². The fourth-order valence-corrected chi connectivity index (χ4v) is 10.9. The van der Waals surface area contributed by atoms with Crippen LogP contribution in [0.2, 0.25) is 0 Å². The van der Waals surface area contributed by atoms with Crippen LogP contribution in [0.15, 0.2) is 76.4 Å². The Balaban J connectivity index is 1.17. The molecule has 7 nitrogen and oxygen atoms in total. The van der Waals surface area contributed by atoms with Gasteiger partial charge in [-0.15, -0.1) is 0 Å². The van der Waals surface area contributed by atoms with Gasteiger partial charge in [-0.3, -0.25) is 9.59 Å². The Hall–Kier alpha value is -3.45. The van der Waals surface area contributed by atoms with Crippen molar-refractivity contribution in [2.24, 2.45) is 34.5 Å². The molecule has 9 atom stereocenters. The Morgan fingerprint density at radius 1 is 1.09 bits per heavy atom. The highest BCUT2D eigenvalue weighted by Crippen LogP contribution is 2.76. The highest BCUT2D eigenvalue weighted by Gasteiger charge is 2.77. The van der Waals surface area contributed by atoms with E-state index in [0.29, 0.717) is 36.9 Å². The molecule has 44 heavy (non-hydrogen) atoms. The van der Waals surface area contributed by atoms with Gasteiger partial charge in [-0.2, -0.15) is 0 Å². The van der Waals surface area contributed by atoms with Gasteiger partial charge < -0.3 is 19.9 Å². The molecule has 2 N–H and O–H groups in total. The van der Waals surface area contributed by atoms with Crippen molar-refractivity contribution in [2.45, 2.75) is 83.5 Å². The first-order valence-corrected chi connectivity index (χ1v) is 16.3. The Labute approximate surface area is 258 Å². The average molecular weight is 596 g/mol. The van der Waals surface area contributed by atoms with E-state index in [2.05, 4.69) is 31.8 Å². The van der Waals surface area contributed by atoms with Crippen LogP contribution in [0.25, 0.3) is 0 Å². The van der Waals surface area contributed by atoms with Crippen molar-refractivity contribution in [3.8, 4) is 0 Å². The van der Waals surface area contributed by atoms with Crippen LogP contribution in [0.3, 0.4) is 0 Å². The summed E-state index contributed by atoms with van der Waals surface area (Å²) in [6.07, 6.45) is 6.41. The molecule has 2 aliphatic heterocycles. The van der Waals surface area contributed by atoms with Crippen LogP contribution in [0, 0.1) is 34.5 Å². The number of rotatable bonds is 3. The van der Waals surface area contributed by atoms with Crippen molar-refractivity contribution in [3.05, 3.63) is 82.0 Å². The Kier molecular flexibility index (Phi) is 5.92. The lowest BCUT2D eigenvalue weighted by Crippen LogP contribution is -2.50. The molecule has 7 heteroatoms. The summed E-state index contributed by atoms with van der Waals surface area (Å²) in [5.74, 6) is -0.777. The molecule has 2 heterocycles. The van der Waals surface area contributed by atoms with Crippen molar-refractivity contribution in [1.82, 2.24) is 5.32 Å². The van der Waals surface area contributed by atoms with Gasteiger partial charge in [0, 0.05) is 40.9 Å². The van der Waals surface area contributed by atoms with Crippen molar-refractivity contribution >= 4 is 17.8 Å². The number of carbonyl (C=O) groups is 3. The molecule has 2 bridgehead atoms. The van der Waals surface area contributed by atoms with E-state index in [1.165, 1.54) is 16.7 Å². The van der Waals surface area contributed by atoms with Gasteiger partial charge in [0.1, 0.15) is 12.2 Å². The van der Waals surface area contributed by atoms with Crippen LogP contribution in [-0.4, -0.2) is 47.3 Å². The zero-order valence-electron chi connectivity index (χ0n) is 25.8. The van der Waals surface area contributed by atoms with E-state index < -0.39 is 22.5 Å². The quantitative estimate of drug-likeness (QED) is 0.277. The zero-order valence-corrected chi connectivity index (χ0v) is 25.8. The third kappa shape index (κ3) is 3.50. The lowest BCUT2D eigenvalue weighted by atomic mass is 9.53. The Morgan fingerprint density at radius 3 is 2.64 bits per heavy atom. The van der Waals surface area contributed by atoms with Gasteiger partial charge in [0.05, 0.1) is 11.0 Å². The number of hydrogen-bond acceptors (Lipinski definition) is 6. The summed E-state index contributed by atoms with van der Waals surface area (Å²) in [5, 5.41) is 15.0. The van der Waals surface area contributed by atoms with Gasteiger partial charge >= 0.3 is 11.9 Å². The first-order valence-electron chi connectivity index (χ1n) is 16.3. The smallest absolute Gasteiger partial charge is 0.334 e. The number of benzene rings is 1. The molecule has 230 valence electrons. The fraction of sp³-hybridized carbons (Fsp3) is 0.541. The number of aliphatic hydroxyl groups is 1. The first-order chi connectivity index (χ1) is 21.0. The lowest BCUT2D eigenvalue weighted by molar-refractivity contribution is -0.154. The summed E-state index contributed by atoms with van der Waals surface area (Å²) in [6, 6.07) is 9.28. The number of fused-ring (bicyclic) bond motifs is 11. The van der Waals surface area contributed by atoms with E-state index in [0.717, 1.165) is 36.8 Å². The SMILES string of the molecule is C=C1C(=O)O[C@@H]2C3=C([C@H]4C[C@@]3(C)[C@]3(C4)C(=O)O[C@@H]4[C@H]5C(C)=CCC5=C(CNC(=O)c5ccccc5)CC[C@H]43)[C@@](C)(O)CC[C@@H]12. The average Bonchev–Trinajstić information content (AvgIpc) is 3.71. The molecule has 1 aromatic rings. The van der Waals surface area contributed by atoms with Gasteiger partial charge in [0.25, 0.3) is 5.91 Å². The lowest BCUT2D eigenvalue weighted by Gasteiger charge is -2.48. The highest BCUT2D eigenvalue weighted by molar-refractivity contribution is 5.94. The summed E-state index contributed by atoms with van der Waals surface area (Å²) in [4.78, 5) is 40.2. The van der Waals surface area contributed by atoms with Crippen LogP contribution in [0.5, 0.6) is 0 Å². The number of carbonyl (C=O) groups excluding carboxylic acids is 3. The van der Waals surface area contributed by atoms with Gasteiger partial charge in [0.2, 0.25) is 0 Å². The largest absolute Gasteiger partial charge is 0.461 e. The second-order valence-electron chi connectivity index (χ2n) is 14.8. The Morgan fingerprint density at radius 2 is 1.86 bits per heavy atom. The van der Waals surface area contributed by atoms with E-state index in [1.807, 2.05) is 37.3 Å². The molecule has 8 rings (SSSR count). The van der Waals surface area contributed by atoms with Crippen LogP contribution < -0.4 is 5.32 Å². The van der Waals surface area contributed by atoms with E-state index in [4.69, 9.17) is 9.47 Å². The van der Waals surface area contributed by atoms with Crippen LogP contribution >= 0.6 is 0 Å². The molecule has 5 aliphatic carbocycles. The minimum absolute atomic E-state index is 0.000273. The van der Waals surface area contributed by atoms with E-state index in [9.17, 15) is 19.5 Å². The fourth-order valence-electron chi connectivity index (χ4n) is 10.9. The molecular weight excluding hydrogens is 554 g/mol. The molecule has 1 spiro atoms. The highest BCUT2D eigenvalue weighted by atomic mass is 16.6. The topological polar surface area (TPSA) is 102 Å². The number of esters is 2. The molecular formula is C37H41NO6. The number of allylic oxidation sites excluding steroid dienone is 1. The molecule has 0 unspecified atom stereocenters. The zero-order chi connectivity index (χ0) is 30.8. The Bertz CT molecular complexity index is 1610. The number of ether oxygens (including phenoxy) is 2. The second-order valence-corrected chi connectivity index (χ2v) is 14.8. The molecule has 2 saturated heterocycles. The normalized spacial score (nSPS) is 41.9. The van der Waals surface area contributed by atoms with E-state index >= 15 is 0 Å². The van der Waals surface area contributed by atoms with Crippen molar-refractivity contribution in [2.75, 3.05) is 6.54 Å².